The van der Waals surface area contributed by atoms with Gasteiger partial charge in [-0.3, -0.25) is 9.69 Å². The number of para-hydroxylation sites is 1. The van der Waals surface area contributed by atoms with Crippen molar-refractivity contribution < 1.29 is 14.3 Å². The first-order valence-electron chi connectivity index (χ1n) is 14.5. The van der Waals surface area contributed by atoms with Gasteiger partial charge in [-0.15, -0.1) is 5.10 Å². The van der Waals surface area contributed by atoms with Crippen LogP contribution in [-0.2, 0) is 29.5 Å². The first kappa shape index (κ1) is 26.5. The van der Waals surface area contributed by atoms with Crippen molar-refractivity contribution in [1.29, 1.82) is 0 Å². The molecule has 0 amide bonds. The summed E-state index contributed by atoms with van der Waals surface area (Å²) in [5.41, 5.74) is 9.18. The zero-order valence-electron chi connectivity index (χ0n) is 23.9. The molecular formula is C33H38N4O3. The minimum absolute atomic E-state index is 0.131. The maximum atomic E-state index is 12.9. The molecule has 4 aromatic rings. The Balaban J connectivity index is 1.39. The highest BCUT2D eigenvalue weighted by Gasteiger charge is 2.33. The Morgan fingerprint density at radius 3 is 2.80 bits per heavy atom. The first-order chi connectivity index (χ1) is 19.5. The molecule has 2 aliphatic rings. The molecule has 2 heterocycles. The Labute approximate surface area is 236 Å². The van der Waals surface area contributed by atoms with E-state index in [1.807, 2.05) is 14.0 Å². The highest BCUT2D eigenvalue weighted by atomic mass is 16.5. The van der Waals surface area contributed by atoms with E-state index >= 15 is 0 Å². The molecule has 208 valence electrons. The number of nitrogens with zero attached hydrogens (tertiary/aromatic N) is 4. The van der Waals surface area contributed by atoms with Crippen LogP contribution in [0.1, 0.15) is 78.5 Å². The maximum absolute atomic E-state index is 12.9. The second kappa shape index (κ2) is 11.0. The van der Waals surface area contributed by atoms with Crippen molar-refractivity contribution in [3.8, 4) is 5.75 Å². The molecule has 0 bridgehead atoms. The number of rotatable bonds is 7. The van der Waals surface area contributed by atoms with Gasteiger partial charge in [0.2, 0.25) is 0 Å². The molecule has 0 saturated heterocycles. The third-order valence-electron chi connectivity index (χ3n) is 8.72. The summed E-state index contributed by atoms with van der Waals surface area (Å²) in [5, 5.41) is 8.65. The fourth-order valence-electron chi connectivity index (χ4n) is 6.58. The predicted octanol–water partition coefficient (Wildman–Crippen LogP) is 6.02. The van der Waals surface area contributed by atoms with Crippen LogP contribution in [-0.4, -0.2) is 45.1 Å². The van der Waals surface area contributed by atoms with Crippen molar-refractivity contribution in [2.24, 2.45) is 7.05 Å². The number of hydrogen-bond donors (Lipinski definition) is 0. The first-order valence-corrected chi connectivity index (χ1v) is 14.5. The quantitative estimate of drug-likeness (QED) is 0.268. The van der Waals surface area contributed by atoms with Crippen LogP contribution in [0.3, 0.4) is 0 Å². The van der Waals surface area contributed by atoms with Gasteiger partial charge in [0.15, 0.2) is 0 Å². The molecule has 0 unspecified atom stereocenters. The van der Waals surface area contributed by atoms with Gasteiger partial charge in [0.1, 0.15) is 17.4 Å². The van der Waals surface area contributed by atoms with Gasteiger partial charge >= 0.3 is 5.97 Å². The van der Waals surface area contributed by atoms with Gasteiger partial charge in [0.25, 0.3) is 0 Å². The highest BCUT2D eigenvalue weighted by molar-refractivity contribution is 5.80. The second-order valence-corrected chi connectivity index (χ2v) is 11.1. The smallest absolute Gasteiger partial charge is 0.306 e. The summed E-state index contributed by atoms with van der Waals surface area (Å²) in [6, 6.07) is 19.8. The molecule has 6 rings (SSSR count). The Hall–Kier alpha value is -3.71. The molecular weight excluding hydrogens is 500 g/mol. The Bertz CT molecular complexity index is 1540. The van der Waals surface area contributed by atoms with Gasteiger partial charge in [-0.1, -0.05) is 54.6 Å². The van der Waals surface area contributed by atoms with Crippen molar-refractivity contribution in [2.75, 3.05) is 13.2 Å². The Kier molecular flexibility index (Phi) is 7.32. The van der Waals surface area contributed by atoms with Gasteiger partial charge in [0, 0.05) is 37.7 Å². The van der Waals surface area contributed by atoms with Gasteiger partial charge in [-0.25, -0.2) is 4.68 Å². The highest BCUT2D eigenvalue weighted by Crippen LogP contribution is 2.42. The number of fused-ring (bicyclic) bond motifs is 3. The lowest BCUT2D eigenvalue weighted by Gasteiger charge is -2.30. The molecule has 3 atom stereocenters. The third kappa shape index (κ3) is 4.87. The Morgan fingerprint density at radius 1 is 1.12 bits per heavy atom. The fraction of sp³-hybridized carbons (Fsp3) is 0.424. The van der Waals surface area contributed by atoms with Crippen LogP contribution in [0.25, 0.3) is 11.0 Å². The summed E-state index contributed by atoms with van der Waals surface area (Å²) in [4.78, 5) is 15.5. The van der Waals surface area contributed by atoms with Crippen LogP contribution in [0.2, 0.25) is 0 Å². The molecule has 0 N–H and O–H groups in total. The number of esters is 1. The van der Waals surface area contributed by atoms with E-state index in [1.54, 1.807) is 4.68 Å². The SMILES string of the molecule is CCOC(=O)C[C@@H](c1ccc2c(c1)[C@@H](N1Cc3ccccc3O[C@H](CC)C1)CC2)c1ccc2c(nnn2C)c1C. The van der Waals surface area contributed by atoms with Crippen LogP contribution in [0.4, 0.5) is 0 Å². The summed E-state index contributed by atoms with van der Waals surface area (Å²) in [5.74, 6) is 0.692. The molecule has 1 aromatic heterocycles. The third-order valence-corrected chi connectivity index (χ3v) is 8.72. The van der Waals surface area contributed by atoms with Crippen molar-refractivity contribution in [2.45, 2.75) is 71.1 Å². The van der Waals surface area contributed by atoms with Gasteiger partial charge < -0.3 is 9.47 Å². The van der Waals surface area contributed by atoms with E-state index in [0.29, 0.717) is 12.6 Å². The average Bonchev–Trinajstić information content (AvgIpc) is 3.50. The van der Waals surface area contributed by atoms with Crippen LogP contribution < -0.4 is 4.74 Å². The molecule has 40 heavy (non-hydrogen) atoms. The lowest BCUT2D eigenvalue weighted by atomic mass is 9.84. The van der Waals surface area contributed by atoms with E-state index in [-0.39, 0.29) is 24.4 Å². The molecule has 0 radical (unpaired) electrons. The number of aromatic nitrogens is 3. The van der Waals surface area contributed by atoms with Crippen LogP contribution in [0.15, 0.2) is 54.6 Å². The monoisotopic (exact) mass is 538 g/mol. The summed E-state index contributed by atoms with van der Waals surface area (Å²) in [6.07, 6.45) is 3.56. The number of carbonyl (C=O) groups is 1. The minimum Gasteiger partial charge on any atom is -0.489 e. The van der Waals surface area contributed by atoms with Gasteiger partial charge in [0.05, 0.1) is 18.5 Å². The number of hydrogen-bond acceptors (Lipinski definition) is 6. The van der Waals surface area contributed by atoms with E-state index < -0.39 is 0 Å². The van der Waals surface area contributed by atoms with Crippen LogP contribution in [0.5, 0.6) is 5.75 Å². The molecule has 7 heteroatoms. The van der Waals surface area contributed by atoms with Crippen LogP contribution in [0, 0.1) is 6.92 Å². The Morgan fingerprint density at radius 2 is 1.98 bits per heavy atom. The lowest BCUT2D eigenvalue weighted by Crippen LogP contribution is -2.34. The maximum Gasteiger partial charge on any atom is 0.306 e. The van der Waals surface area contributed by atoms with Crippen molar-refractivity contribution >= 4 is 17.0 Å². The molecule has 0 spiro atoms. The lowest BCUT2D eigenvalue weighted by molar-refractivity contribution is -0.143. The second-order valence-electron chi connectivity index (χ2n) is 11.1. The standard InChI is InChI=1S/C33H38N4O3/c1-5-25-20-37(19-24-9-7-8-10-31(24)40-25)29-15-13-22-11-12-23(17-28(22)29)27(18-32(38)39-6-2)26-14-16-30-33(21(26)3)34-35-36(30)4/h7-12,14,16-17,25,27,29H,5-6,13,15,18-20H2,1-4H3/t25-,27+,29+/m1/s1. The summed E-state index contributed by atoms with van der Waals surface area (Å²) in [7, 11) is 1.90. The zero-order valence-corrected chi connectivity index (χ0v) is 23.9. The van der Waals surface area contributed by atoms with Crippen molar-refractivity contribution in [1.82, 2.24) is 19.9 Å². The minimum atomic E-state index is -0.185. The van der Waals surface area contributed by atoms with E-state index in [9.17, 15) is 4.79 Å². The van der Waals surface area contributed by atoms with E-state index in [2.05, 4.69) is 83.7 Å². The van der Waals surface area contributed by atoms with E-state index in [1.165, 1.54) is 16.7 Å². The zero-order chi connectivity index (χ0) is 27.8. The molecule has 3 aromatic carbocycles. The van der Waals surface area contributed by atoms with E-state index in [0.717, 1.165) is 65.8 Å². The summed E-state index contributed by atoms with van der Waals surface area (Å²) >= 11 is 0. The summed E-state index contributed by atoms with van der Waals surface area (Å²) in [6.45, 7) is 8.28. The molecule has 1 aliphatic carbocycles. The van der Waals surface area contributed by atoms with Crippen LogP contribution >= 0.6 is 0 Å². The normalized spacial score (nSPS) is 19.5. The van der Waals surface area contributed by atoms with E-state index in [4.69, 9.17) is 9.47 Å². The fourth-order valence-corrected chi connectivity index (χ4v) is 6.58. The average molecular weight is 539 g/mol. The largest absolute Gasteiger partial charge is 0.489 e. The predicted molar refractivity (Wildman–Crippen MR) is 155 cm³/mol. The van der Waals surface area contributed by atoms with Gasteiger partial charge in [-0.2, -0.15) is 0 Å². The number of carbonyl (C=O) groups excluding carboxylic acids is 1. The van der Waals surface area contributed by atoms with Crippen molar-refractivity contribution in [3.63, 3.8) is 0 Å². The van der Waals surface area contributed by atoms with Crippen molar-refractivity contribution in [3.05, 3.63) is 88.0 Å². The number of ether oxygens (including phenoxy) is 2. The molecule has 0 saturated carbocycles. The topological polar surface area (TPSA) is 69.5 Å². The molecule has 0 fully saturated rings. The molecule has 7 nitrogen and oxygen atoms in total. The van der Waals surface area contributed by atoms with Gasteiger partial charge in [-0.05, 0) is 73.1 Å². The summed E-state index contributed by atoms with van der Waals surface area (Å²) < 4.78 is 13.6. The number of benzene rings is 3. The number of aryl methyl sites for hydroxylation is 3. The molecule has 1 aliphatic heterocycles.